The van der Waals surface area contributed by atoms with Crippen molar-refractivity contribution in [2.75, 3.05) is 13.7 Å². The third-order valence-corrected chi connectivity index (χ3v) is 5.53. The molecule has 0 unspecified atom stereocenters. The number of esters is 1. The van der Waals surface area contributed by atoms with Gasteiger partial charge in [0.2, 0.25) is 0 Å². The molecule has 0 spiro atoms. The maximum Gasteiger partial charge on any atom is 0.534 e. The highest BCUT2D eigenvalue weighted by molar-refractivity contribution is 7.88. The number of para-hydroxylation sites is 1. The minimum Gasteiger partial charge on any atom is -0.497 e. The number of hydrogen-bond donors (Lipinski definition) is 0. The van der Waals surface area contributed by atoms with E-state index in [-0.39, 0.29) is 24.1 Å². The van der Waals surface area contributed by atoms with E-state index in [2.05, 4.69) is 4.18 Å². The number of halogens is 3. The molecule has 0 amide bonds. The van der Waals surface area contributed by atoms with Crippen LogP contribution in [0.25, 0.3) is 10.9 Å². The average Bonchev–Trinajstić information content (AvgIpc) is 2.76. The van der Waals surface area contributed by atoms with Gasteiger partial charge >= 0.3 is 21.6 Å². The number of hydrogen-bond acceptors (Lipinski definition) is 7. The fourth-order valence-electron chi connectivity index (χ4n) is 3.07. The normalized spacial score (nSPS) is 11.9. The first-order valence-electron chi connectivity index (χ1n) is 9.46. The number of ether oxygens (including phenoxy) is 2. The standard InChI is InChI=1S/C21H18F3NO7S/c1-3-31-20(27)17-18(32-33(28,29)21(22,23)24)15-6-4-5-7-16(15)25(19(17)26)12-13-8-10-14(30-2)11-9-13/h4-11H,3,12H2,1-2H3. The van der Waals surface area contributed by atoms with Crippen LogP contribution in [-0.2, 0) is 21.4 Å². The van der Waals surface area contributed by atoms with Crippen LogP contribution in [0.15, 0.2) is 53.3 Å². The molecule has 2 aromatic carbocycles. The molecule has 12 heteroatoms. The number of rotatable bonds is 7. The minimum atomic E-state index is -6.18. The monoisotopic (exact) mass is 485 g/mol. The second-order valence-electron chi connectivity index (χ2n) is 6.66. The highest BCUT2D eigenvalue weighted by Crippen LogP contribution is 2.34. The Bertz CT molecular complexity index is 1350. The average molecular weight is 485 g/mol. The van der Waals surface area contributed by atoms with Crippen LogP contribution in [0.1, 0.15) is 22.8 Å². The van der Waals surface area contributed by atoms with E-state index in [4.69, 9.17) is 9.47 Å². The lowest BCUT2D eigenvalue weighted by molar-refractivity contribution is -0.0500. The number of aromatic nitrogens is 1. The molecule has 0 aliphatic heterocycles. The minimum absolute atomic E-state index is 0.0544. The molecule has 0 N–H and O–H groups in total. The number of carbonyl (C=O) groups excluding carboxylic acids is 1. The summed E-state index contributed by atoms with van der Waals surface area (Å²) in [6.07, 6.45) is 0. The van der Waals surface area contributed by atoms with E-state index in [1.54, 1.807) is 24.3 Å². The van der Waals surface area contributed by atoms with Crippen molar-refractivity contribution < 1.29 is 40.0 Å². The van der Waals surface area contributed by atoms with Crippen molar-refractivity contribution in [2.45, 2.75) is 19.0 Å². The summed E-state index contributed by atoms with van der Waals surface area (Å²) >= 11 is 0. The Morgan fingerprint density at radius 2 is 1.70 bits per heavy atom. The SMILES string of the molecule is CCOC(=O)c1c(OS(=O)(=O)C(F)(F)F)c2ccccc2n(Cc2ccc(OC)cc2)c1=O. The van der Waals surface area contributed by atoms with Crippen molar-refractivity contribution in [3.8, 4) is 11.5 Å². The summed E-state index contributed by atoms with van der Waals surface area (Å²) in [7, 11) is -4.70. The fourth-order valence-corrected chi connectivity index (χ4v) is 3.56. The van der Waals surface area contributed by atoms with Gasteiger partial charge < -0.3 is 18.2 Å². The van der Waals surface area contributed by atoms with Crippen LogP contribution in [0.3, 0.4) is 0 Å². The van der Waals surface area contributed by atoms with Crippen molar-refractivity contribution >= 4 is 27.0 Å². The van der Waals surface area contributed by atoms with Crippen LogP contribution < -0.4 is 14.5 Å². The Kier molecular flexibility index (Phi) is 6.68. The lowest BCUT2D eigenvalue weighted by Crippen LogP contribution is -2.33. The quantitative estimate of drug-likeness (QED) is 0.287. The highest BCUT2D eigenvalue weighted by atomic mass is 32.2. The first-order chi connectivity index (χ1) is 15.5. The van der Waals surface area contributed by atoms with Gasteiger partial charge in [0, 0.05) is 5.39 Å². The number of methoxy groups -OCH3 is 1. The summed E-state index contributed by atoms with van der Waals surface area (Å²) in [5.41, 5.74) is -7.15. The van der Waals surface area contributed by atoms with E-state index in [0.29, 0.717) is 11.3 Å². The van der Waals surface area contributed by atoms with E-state index < -0.39 is 38.5 Å². The number of benzene rings is 2. The zero-order valence-corrected chi connectivity index (χ0v) is 18.2. The van der Waals surface area contributed by atoms with Crippen molar-refractivity contribution in [1.29, 1.82) is 0 Å². The van der Waals surface area contributed by atoms with Gasteiger partial charge in [-0.3, -0.25) is 4.79 Å². The van der Waals surface area contributed by atoms with Crippen LogP contribution in [-0.4, -0.2) is 38.2 Å². The van der Waals surface area contributed by atoms with E-state index in [0.717, 1.165) is 4.57 Å². The summed E-state index contributed by atoms with van der Waals surface area (Å²) < 4.78 is 77.8. The van der Waals surface area contributed by atoms with Crippen molar-refractivity contribution in [1.82, 2.24) is 4.57 Å². The number of nitrogens with zero attached hydrogens (tertiary/aromatic N) is 1. The van der Waals surface area contributed by atoms with E-state index in [1.165, 1.54) is 38.3 Å². The predicted octanol–water partition coefficient (Wildman–Crippen LogP) is 3.46. The van der Waals surface area contributed by atoms with E-state index in [9.17, 15) is 31.2 Å². The number of fused-ring (bicyclic) bond motifs is 1. The van der Waals surface area contributed by atoms with Crippen LogP contribution >= 0.6 is 0 Å². The molecule has 0 saturated carbocycles. The molecule has 3 aromatic rings. The second-order valence-corrected chi connectivity index (χ2v) is 8.20. The lowest BCUT2D eigenvalue weighted by atomic mass is 10.1. The zero-order valence-electron chi connectivity index (χ0n) is 17.4. The summed E-state index contributed by atoms with van der Waals surface area (Å²) in [4.78, 5) is 25.8. The molecule has 0 atom stereocenters. The number of pyridine rings is 1. The molecule has 176 valence electrons. The van der Waals surface area contributed by atoms with Crippen LogP contribution in [0, 0.1) is 0 Å². The van der Waals surface area contributed by atoms with Gasteiger partial charge in [-0.15, -0.1) is 0 Å². The molecule has 33 heavy (non-hydrogen) atoms. The third-order valence-electron chi connectivity index (χ3n) is 4.58. The molecule has 0 saturated heterocycles. The van der Waals surface area contributed by atoms with Gasteiger partial charge in [-0.2, -0.15) is 21.6 Å². The molecule has 0 bridgehead atoms. The van der Waals surface area contributed by atoms with Crippen molar-refractivity contribution in [3.63, 3.8) is 0 Å². The Hall–Kier alpha value is -3.54. The van der Waals surface area contributed by atoms with Gasteiger partial charge in [-0.1, -0.05) is 24.3 Å². The molecule has 0 radical (unpaired) electrons. The van der Waals surface area contributed by atoms with E-state index in [1.807, 2.05) is 0 Å². The molecule has 0 aliphatic carbocycles. The smallest absolute Gasteiger partial charge is 0.497 e. The summed E-state index contributed by atoms with van der Waals surface area (Å²) in [5, 5.41) is -0.193. The maximum atomic E-state index is 13.3. The Balaban J connectivity index is 2.30. The lowest BCUT2D eigenvalue weighted by Gasteiger charge is -2.18. The second kappa shape index (κ2) is 9.14. The van der Waals surface area contributed by atoms with Gasteiger partial charge in [0.05, 0.1) is 25.8 Å². The summed E-state index contributed by atoms with van der Waals surface area (Å²) in [6, 6.07) is 12.1. The van der Waals surface area contributed by atoms with Gasteiger partial charge in [0.25, 0.3) is 5.56 Å². The van der Waals surface area contributed by atoms with Gasteiger partial charge in [0.1, 0.15) is 5.75 Å². The van der Waals surface area contributed by atoms with Crippen molar-refractivity contribution in [2.24, 2.45) is 0 Å². The molecule has 1 heterocycles. The zero-order chi connectivity index (χ0) is 24.4. The number of carbonyl (C=O) groups is 1. The molecule has 0 fully saturated rings. The number of alkyl halides is 3. The van der Waals surface area contributed by atoms with Crippen molar-refractivity contribution in [3.05, 3.63) is 70.0 Å². The molecule has 3 rings (SSSR count). The largest absolute Gasteiger partial charge is 0.534 e. The van der Waals surface area contributed by atoms with E-state index >= 15 is 0 Å². The fraction of sp³-hybridized carbons (Fsp3) is 0.238. The molecule has 1 aromatic heterocycles. The van der Waals surface area contributed by atoms with Gasteiger partial charge in [-0.05, 0) is 36.8 Å². The van der Waals surface area contributed by atoms with Crippen LogP contribution in [0.2, 0.25) is 0 Å². The Labute approximate surface area is 186 Å². The summed E-state index contributed by atoms with van der Waals surface area (Å²) in [5.74, 6) is -1.80. The van der Waals surface area contributed by atoms with Crippen LogP contribution in [0.4, 0.5) is 13.2 Å². The third kappa shape index (κ3) is 4.80. The molecule has 8 nitrogen and oxygen atoms in total. The molecular formula is C21H18F3NO7S. The summed E-state index contributed by atoms with van der Waals surface area (Å²) in [6.45, 7) is 1.12. The maximum absolute atomic E-state index is 13.3. The topological polar surface area (TPSA) is 101 Å². The predicted molar refractivity (Wildman–Crippen MR) is 112 cm³/mol. The van der Waals surface area contributed by atoms with Crippen LogP contribution in [0.5, 0.6) is 11.5 Å². The molecular weight excluding hydrogens is 467 g/mol. The molecule has 0 aliphatic rings. The first-order valence-corrected chi connectivity index (χ1v) is 10.9. The Morgan fingerprint density at radius 3 is 2.27 bits per heavy atom. The van der Waals surface area contributed by atoms with Gasteiger partial charge in [-0.25, -0.2) is 4.79 Å². The first kappa shape index (κ1) is 24.1. The highest BCUT2D eigenvalue weighted by Gasteiger charge is 2.49. The van der Waals surface area contributed by atoms with Gasteiger partial charge in [0.15, 0.2) is 11.3 Å². The Morgan fingerprint density at radius 1 is 1.06 bits per heavy atom.